The molecular weight excluding hydrogens is 274 g/mol. The predicted molar refractivity (Wildman–Crippen MR) is 76.2 cm³/mol. The molecule has 0 spiro atoms. The third-order valence-electron chi connectivity index (χ3n) is 2.57. The number of hydrazine groups is 2. The lowest BCUT2D eigenvalue weighted by Crippen LogP contribution is -2.43. The highest BCUT2D eigenvalue weighted by atomic mass is 16.6. The topological polar surface area (TPSA) is 130 Å². The van der Waals surface area contributed by atoms with Crippen molar-refractivity contribution in [3.8, 4) is 0 Å². The minimum atomic E-state index is 0.0970. The molecule has 0 aliphatic rings. The number of carbonyl (C=O) groups is 1. The van der Waals surface area contributed by atoms with Crippen molar-refractivity contribution in [3.05, 3.63) is 41.6 Å². The van der Waals surface area contributed by atoms with Crippen LogP contribution in [0.4, 0.5) is 5.82 Å². The molecule has 0 saturated carbocycles. The summed E-state index contributed by atoms with van der Waals surface area (Å²) in [6.07, 6.45) is 1.12. The molecule has 5 N–H and O–H groups in total. The molecule has 21 heavy (non-hydrogen) atoms. The number of benzene rings is 1. The van der Waals surface area contributed by atoms with Crippen LogP contribution in [0.2, 0.25) is 0 Å². The molecule has 2 aromatic rings. The lowest BCUT2D eigenvalue weighted by molar-refractivity contribution is 0.111. The number of anilines is 1. The molecule has 0 aliphatic carbocycles. The van der Waals surface area contributed by atoms with Crippen LogP contribution in [0.1, 0.15) is 16.1 Å². The summed E-state index contributed by atoms with van der Waals surface area (Å²) >= 11 is 0. The summed E-state index contributed by atoms with van der Waals surface area (Å²) in [4.78, 5) is 14.9. The van der Waals surface area contributed by atoms with Gasteiger partial charge < -0.3 is 5.32 Å². The molecule has 1 heterocycles. The molecule has 2 rings (SSSR count). The average Bonchev–Trinajstić information content (AvgIpc) is 2.96. The van der Waals surface area contributed by atoms with E-state index in [4.69, 9.17) is 5.84 Å². The summed E-state index contributed by atoms with van der Waals surface area (Å²) in [5.74, 6) is 6.12. The Labute approximate surface area is 120 Å². The summed E-state index contributed by atoms with van der Waals surface area (Å²) in [5.41, 5.74) is 6.27. The van der Waals surface area contributed by atoms with E-state index in [1.54, 1.807) is 0 Å². The Balaban J connectivity index is 1.96. The van der Waals surface area contributed by atoms with Gasteiger partial charge in [0.25, 0.3) is 0 Å². The molecule has 0 saturated heterocycles. The van der Waals surface area contributed by atoms with Crippen LogP contribution in [-0.4, -0.2) is 29.1 Å². The van der Waals surface area contributed by atoms with Gasteiger partial charge in [-0.2, -0.15) is 5.53 Å². The Kier molecular flexibility index (Phi) is 5.38. The first kappa shape index (κ1) is 14.6. The second-order valence-electron chi connectivity index (χ2n) is 3.99. The molecule has 1 aromatic heterocycles. The van der Waals surface area contributed by atoms with Crippen molar-refractivity contribution >= 4 is 17.9 Å². The van der Waals surface area contributed by atoms with Crippen LogP contribution in [0.5, 0.6) is 0 Å². The third kappa shape index (κ3) is 4.37. The van der Waals surface area contributed by atoms with Crippen LogP contribution in [0.25, 0.3) is 0 Å². The first-order valence-corrected chi connectivity index (χ1v) is 6.14. The smallest absolute Gasteiger partial charge is 0.203 e. The Morgan fingerprint density at radius 1 is 1.33 bits per heavy atom. The predicted octanol–water partition coefficient (Wildman–Crippen LogP) is -0.139. The monoisotopic (exact) mass is 289 g/mol. The molecule has 0 unspecified atom stereocenters. The fourth-order valence-electron chi connectivity index (χ4n) is 1.62. The van der Waals surface area contributed by atoms with Crippen molar-refractivity contribution in [2.45, 2.75) is 6.42 Å². The number of hydrogen-bond acceptors (Lipinski definition) is 8. The molecule has 0 fully saturated rings. The molecule has 0 bridgehead atoms. The normalized spacial score (nSPS) is 11.2. The zero-order chi connectivity index (χ0) is 14.9. The highest BCUT2D eigenvalue weighted by molar-refractivity contribution is 5.84. The summed E-state index contributed by atoms with van der Waals surface area (Å²) < 4.78 is 4.45. The van der Waals surface area contributed by atoms with E-state index in [0.29, 0.717) is 18.5 Å². The van der Waals surface area contributed by atoms with Gasteiger partial charge in [-0.1, -0.05) is 30.3 Å². The number of nitrogens with two attached hydrogens (primary N) is 1. The van der Waals surface area contributed by atoms with E-state index in [-0.39, 0.29) is 18.2 Å². The summed E-state index contributed by atoms with van der Waals surface area (Å²) in [7, 11) is 0. The van der Waals surface area contributed by atoms with Gasteiger partial charge >= 0.3 is 0 Å². The second kappa shape index (κ2) is 7.72. The van der Waals surface area contributed by atoms with Gasteiger partial charge in [0.1, 0.15) is 12.5 Å². The number of amidine groups is 1. The number of carbonyl (C=O) groups excluding carboxylic acids is 1. The zero-order valence-corrected chi connectivity index (χ0v) is 11.1. The van der Waals surface area contributed by atoms with Gasteiger partial charge in [0.2, 0.25) is 5.82 Å². The molecule has 0 aliphatic heterocycles. The van der Waals surface area contributed by atoms with Crippen LogP contribution in [-0.2, 0) is 6.42 Å². The number of nitrogens with zero attached hydrogens (tertiary/aromatic N) is 3. The molecule has 9 heteroatoms. The largest absolute Gasteiger partial charge is 0.346 e. The molecular formula is C12H15N7O2. The molecule has 110 valence electrons. The Hall–Kier alpha value is -2.78. The van der Waals surface area contributed by atoms with Crippen molar-refractivity contribution in [3.63, 3.8) is 0 Å². The Morgan fingerprint density at radius 3 is 2.86 bits per heavy atom. The number of aldehydes is 1. The molecule has 9 nitrogen and oxygen atoms in total. The quantitative estimate of drug-likeness (QED) is 0.182. The minimum Gasteiger partial charge on any atom is -0.346 e. The number of aliphatic imine (C=N–C) groups is 1. The van der Waals surface area contributed by atoms with Crippen molar-refractivity contribution in [2.75, 3.05) is 12.0 Å². The lowest BCUT2D eigenvalue weighted by atomic mass is 10.1. The van der Waals surface area contributed by atoms with Crippen LogP contribution >= 0.6 is 0 Å². The molecule has 0 radical (unpaired) electrons. The van der Waals surface area contributed by atoms with Gasteiger partial charge in [-0.25, -0.2) is 9.62 Å². The number of rotatable bonds is 7. The van der Waals surface area contributed by atoms with Crippen molar-refractivity contribution in [1.82, 2.24) is 21.3 Å². The van der Waals surface area contributed by atoms with Gasteiger partial charge in [0, 0.05) is 6.42 Å². The van der Waals surface area contributed by atoms with E-state index in [1.807, 2.05) is 30.3 Å². The molecule has 0 amide bonds. The van der Waals surface area contributed by atoms with Crippen LogP contribution in [0.15, 0.2) is 40.0 Å². The highest BCUT2D eigenvalue weighted by Crippen LogP contribution is 2.05. The zero-order valence-electron chi connectivity index (χ0n) is 11.1. The minimum absolute atomic E-state index is 0.0970. The van der Waals surface area contributed by atoms with Gasteiger partial charge in [-0.15, -0.1) is 0 Å². The van der Waals surface area contributed by atoms with E-state index in [2.05, 4.69) is 36.2 Å². The summed E-state index contributed by atoms with van der Waals surface area (Å²) in [6.45, 7) is 0.186. The van der Waals surface area contributed by atoms with Crippen molar-refractivity contribution < 1.29 is 9.42 Å². The number of nitrogens with one attached hydrogen (secondary N) is 3. The van der Waals surface area contributed by atoms with Crippen molar-refractivity contribution in [2.24, 2.45) is 10.8 Å². The first-order valence-electron chi connectivity index (χ1n) is 6.14. The number of aromatic nitrogens is 2. The molecule has 1 aromatic carbocycles. The SMILES string of the molecule is NNNC(Cc1ccccc1)=NCNc1nonc1C=O. The van der Waals surface area contributed by atoms with Gasteiger partial charge in [-0.05, 0) is 15.9 Å². The molecule has 0 atom stereocenters. The maximum absolute atomic E-state index is 10.7. The number of hydrogen-bond donors (Lipinski definition) is 4. The maximum Gasteiger partial charge on any atom is 0.203 e. The third-order valence-corrected chi connectivity index (χ3v) is 2.57. The van der Waals surface area contributed by atoms with Crippen LogP contribution < -0.4 is 22.1 Å². The van der Waals surface area contributed by atoms with E-state index < -0.39 is 0 Å². The van der Waals surface area contributed by atoms with E-state index in [1.165, 1.54) is 0 Å². The average molecular weight is 289 g/mol. The van der Waals surface area contributed by atoms with Crippen LogP contribution in [0.3, 0.4) is 0 Å². The summed E-state index contributed by atoms with van der Waals surface area (Å²) in [6, 6.07) is 9.78. The van der Waals surface area contributed by atoms with Gasteiger partial charge in [0.05, 0.1) is 0 Å². The van der Waals surface area contributed by atoms with Crippen molar-refractivity contribution in [1.29, 1.82) is 0 Å². The van der Waals surface area contributed by atoms with E-state index in [0.717, 1.165) is 5.56 Å². The fourth-order valence-corrected chi connectivity index (χ4v) is 1.62. The Bertz CT molecular complexity index is 597. The van der Waals surface area contributed by atoms with Crippen LogP contribution in [0, 0.1) is 0 Å². The van der Waals surface area contributed by atoms with E-state index >= 15 is 0 Å². The summed E-state index contributed by atoms with van der Waals surface area (Å²) in [5, 5.41) is 9.80. The standard InChI is InChI=1S/C12H15N7O2/c13-19-16-11(6-9-4-2-1-3-5-9)14-8-15-12-10(7-20)17-21-18-12/h1-5,7,19H,6,8,13H2,(H,14,16)(H,15,18). The Morgan fingerprint density at radius 2 is 2.14 bits per heavy atom. The van der Waals surface area contributed by atoms with Gasteiger partial charge in [-0.3, -0.25) is 16.1 Å². The lowest BCUT2D eigenvalue weighted by Gasteiger charge is -2.09. The first-order chi connectivity index (χ1) is 10.3. The van der Waals surface area contributed by atoms with Gasteiger partial charge in [0.15, 0.2) is 12.0 Å². The second-order valence-corrected chi connectivity index (χ2v) is 3.99. The maximum atomic E-state index is 10.7. The van der Waals surface area contributed by atoms with E-state index in [9.17, 15) is 4.79 Å². The fraction of sp³-hybridized carbons (Fsp3) is 0.167. The highest BCUT2D eigenvalue weighted by Gasteiger charge is 2.07.